The number of nitrogens with zero attached hydrogens (tertiary/aromatic N) is 1. The summed E-state index contributed by atoms with van der Waals surface area (Å²) >= 11 is 0. The lowest BCUT2D eigenvalue weighted by Crippen LogP contribution is -2.29. The molecule has 3 rings (SSSR count). The third-order valence-electron chi connectivity index (χ3n) is 4.23. The lowest BCUT2D eigenvalue weighted by molar-refractivity contribution is 0.579. The Balaban J connectivity index is 2.14. The minimum Gasteiger partial charge on any atom is -0.371 e. The summed E-state index contributed by atoms with van der Waals surface area (Å²) in [6.45, 7) is 6.99. The van der Waals surface area contributed by atoms with Gasteiger partial charge in [0.15, 0.2) is 0 Å². The van der Waals surface area contributed by atoms with Crippen LogP contribution in [0.2, 0.25) is 0 Å². The minimum atomic E-state index is 0.591. The molecule has 0 atom stereocenters. The Morgan fingerprint density at radius 3 is 2.42 bits per heavy atom. The van der Waals surface area contributed by atoms with Crippen molar-refractivity contribution in [1.29, 1.82) is 0 Å². The molecule has 1 heterocycles. The van der Waals surface area contributed by atoms with Crippen LogP contribution in [0.5, 0.6) is 0 Å². The minimum absolute atomic E-state index is 0.591. The van der Waals surface area contributed by atoms with Gasteiger partial charge in [-0.25, -0.2) is 0 Å². The predicted octanol–water partition coefficient (Wildman–Crippen LogP) is 4.95. The van der Waals surface area contributed by atoms with E-state index in [1.54, 1.807) is 0 Å². The Bertz CT molecular complexity index is 565. The molecular formula is C18H23N. The molecule has 2 aromatic rings. The fourth-order valence-electron chi connectivity index (χ4n) is 3.04. The molecule has 0 amide bonds. The summed E-state index contributed by atoms with van der Waals surface area (Å²) in [5.41, 5.74) is 2.90. The fraction of sp³-hybridized carbons (Fsp3) is 0.444. The van der Waals surface area contributed by atoms with Crippen LogP contribution in [0.4, 0.5) is 5.69 Å². The zero-order valence-electron chi connectivity index (χ0n) is 12.0. The maximum Gasteiger partial charge on any atom is 0.0448 e. The first-order chi connectivity index (χ1) is 9.25. The van der Waals surface area contributed by atoms with E-state index in [9.17, 15) is 0 Å². The summed E-state index contributed by atoms with van der Waals surface area (Å²) in [6.07, 6.45) is 4.05. The number of benzene rings is 2. The van der Waals surface area contributed by atoms with Gasteiger partial charge in [0.1, 0.15) is 0 Å². The van der Waals surface area contributed by atoms with Crippen molar-refractivity contribution in [3.05, 3.63) is 42.0 Å². The van der Waals surface area contributed by atoms with E-state index in [2.05, 4.69) is 55.1 Å². The highest BCUT2D eigenvalue weighted by Gasteiger charge is 2.15. The van der Waals surface area contributed by atoms with Gasteiger partial charge in [-0.1, -0.05) is 44.2 Å². The molecule has 0 aliphatic carbocycles. The van der Waals surface area contributed by atoms with Crippen LogP contribution in [0.1, 0.15) is 44.6 Å². The quantitative estimate of drug-likeness (QED) is 0.731. The van der Waals surface area contributed by atoms with Gasteiger partial charge in [0.25, 0.3) is 0 Å². The summed E-state index contributed by atoms with van der Waals surface area (Å²) < 4.78 is 0. The van der Waals surface area contributed by atoms with Crippen LogP contribution >= 0.6 is 0 Å². The van der Waals surface area contributed by atoms with Crippen molar-refractivity contribution in [3.63, 3.8) is 0 Å². The molecule has 0 aromatic heterocycles. The largest absolute Gasteiger partial charge is 0.371 e. The van der Waals surface area contributed by atoms with E-state index in [-0.39, 0.29) is 0 Å². The zero-order valence-corrected chi connectivity index (χ0v) is 12.0. The van der Waals surface area contributed by atoms with Crippen LogP contribution in [-0.4, -0.2) is 13.1 Å². The Labute approximate surface area is 116 Å². The van der Waals surface area contributed by atoms with Crippen LogP contribution in [0.3, 0.4) is 0 Å². The summed E-state index contributed by atoms with van der Waals surface area (Å²) in [6, 6.07) is 13.6. The molecule has 1 aliphatic heterocycles. The molecule has 1 nitrogen and oxygen atoms in total. The van der Waals surface area contributed by atoms with Gasteiger partial charge < -0.3 is 4.90 Å². The third-order valence-corrected chi connectivity index (χ3v) is 4.23. The van der Waals surface area contributed by atoms with E-state index in [0.29, 0.717) is 5.92 Å². The van der Waals surface area contributed by atoms with E-state index < -0.39 is 0 Å². The molecule has 1 fully saturated rings. The maximum atomic E-state index is 2.58. The molecule has 1 saturated heterocycles. The Morgan fingerprint density at radius 1 is 0.947 bits per heavy atom. The molecule has 0 N–H and O–H groups in total. The highest BCUT2D eigenvalue weighted by molar-refractivity contribution is 5.95. The molecule has 100 valence electrons. The second-order valence-corrected chi connectivity index (χ2v) is 5.96. The van der Waals surface area contributed by atoms with Gasteiger partial charge in [-0.15, -0.1) is 0 Å². The summed E-state index contributed by atoms with van der Waals surface area (Å²) in [5.74, 6) is 0.591. The van der Waals surface area contributed by atoms with Gasteiger partial charge >= 0.3 is 0 Å². The molecule has 19 heavy (non-hydrogen) atoms. The second-order valence-electron chi connectivity index (χ2n) is 5.96. The Kier molecular flexibility index (Phi) is 3.46. The fourth-order valence-corrected chi connectivity index (χ4v) is 3.04. The Hall–Kier alpha value is -1.50. The molecule has 1 aliphatic rings. The van der Waals surface area contributed by atoms with Gasteiger partial charge in [-0.2, -0.15) is 0 Å². The molecule has 0 radical (unpaired) electrons. The number of hydrogen-bond donors (Lipinski definition) is 0. The van der Waals surface area contributed by atoms with E-state index in [0.717, 1.165) is 0 Å². The van der Waals surface area contributed by atoms with Crippen molar-refractivity contribution in [2.45, 2.75) is 39.0 Å². The second kappa shape index (κ2) is 5.24. The zero-order chi connectivity index (χ0) is 13.2. The average Bonchev–Trinajstić information content (AvgIpc) is 2.47. The number of hydrogen-bond acceptors (Lipinski definition) is 1. The van der Waals surface area contributed by atoms with Crippen LogP contribution in [0.15, 0.2) is 36.4 Å². The van der Waals surface area contributed by atoms with E-state index in [1.165, 1.54) is 54.4 Å². The smallest absolute Gasteiger partial charge is 0.0448 e. The standard InChI is InChI=1S/C18H23N/c1-14(2)16-12-15-8-4-5-9-17(15)18(13-16)19-10-6-3-7-11-19/h4-5,8-9,12-14H,3,6-7,10-11H2,1-2H3. The third kappa shape index (κ3) is 2.47. The highest BCUT2D eigenvalue weighted by Crippen LogP contribution is 2.32. The van der Waals surface area contributed by atoms with Gasteiger partial charge in [-0.3, -0.25) is 0 Å². The topological polar surface area (TPSA) is 3.24 Å². The first-order valence-electron chi connectivity index (χ1n) is 7.53. The van der Waals surface area contributed by atoms with E-state index in [4.69, 9.17) is 0 Å². The summed E-state index contributed by atoms with van der Waals surface area (Å²) in [4.78, 5) is 2.58. The van der Waals surface area contributed by atoms with Crippen molar-refractivity contribution in [2.24, 2.45) is 0 Å². The van der Waals surface area contributed by atoms with Gasteiger partial charge in [0.2, 0.25) is 0 Å². The number of piperidine rings is 1. The van der Waals surface area contributed by atoms with Crippen molar-refractivity contribution < 1.29 is 0 Å². The Morgan fingerprint density at radius 2 is 1.68 bits per heavy atom. The SMILES string of the molecule is CC(C)c1cc(N2CCCCC2)c2ccccc2c1. The number of rotatable bonds is 2. The maximum absolute atomic E-state index is 2.58. The lowest BCUT2D eigenvalue weighted by atomic mass is 9.96. The number of fused-ring (bicyclic) bond motifs is 1. The van der Waals surface area contributed by atoms with Crippen LogP contribution in [0, 0.1) is 0 Å². The monoisotopic (exact) mass is 253 g/mol. The van der Waals surface area contributed by atoms with Crippen molar-refractivity contribution >= 4 is 16.5 Å². The average molecular weight is 253 g/mol. The van der Waals surface area contributed by atoms with Crippen molar-refractivity contribution in [1.82, 2.24) is 0 Å². The van der Waals surface area contributed by atoms with Crippen molar-refractivity contribution in [2.75, 3.05) is 18.0 Å². The highest BCUT2D eigenvalue weighted by atomic mass is 15.1. The summed E-state index contributed by atoms with van der Waals surface area (Å²) in [5, 5.41) is 2.79. The molecular weight excluding hydrogens is 230 g/mol. The normalized spacial score (nSPS) is 16.3. The molecule has 2 aromatic carbocycles. The van der Waals surface area contributed by atoms with E-state index >= 15 is 0 Å². The predicted molar refractivity (Wildman–Crippen MR) is 84.1 cm³/mol. The van der Waals surface area contributed by atoms with Crippen molar-refractivity contribution in [3.8, 4) is 0 Å². The molecule has 1 heteroatoms. The molecule has 0 spiro atoms. The van der Waals surface area contributed by atoms with E-state index in [1.807, 2.05) is 0 Å². The molecule has 0 saturated carbocycles. The molecule has 0 unspecified atom stereocenters. The van der Waals surface area contributed by atoms with Gasteiger partial charge in [-0.05, 0) is 42.2 Å². The molecule has 0 bridgehead atoms. The van der Waals surface area contributed by atoms with Gasteiger partial charge in [0, 0.05) is 24.2 Å². The van der Waals surface area contributed by atoms with Gasteiger partial charge in [0.05, 0.1) is 0 Å². The first kappa shape index (κ1) is 12.5. The van der Waals surface area contributed by atoms with Crippen LogP contribution < -0.4 is 4.90 Å². The number of anilines is 1. The van der Waals surface area contributed by atoms with Crippen LogP contribution in [-0.2, 0) is 0 Å². The summed E-state index contributed by atoms with van der Waals surface area (Å²) in [7, 11) is 0. The van der Waals surface area contributed by atoms with Crippen LogP contribution in [0.25, 0.3) is 10.8 Å². The first-order valence-corrected chi connectivity index (χ1v) is 7.53. The lowest BCUT2D eigenvalue weighted by Gasteiger charge is -2.30.